The van der Waals surface area contributed by atoms with E-state index in [0.717, 1.165) is 30.6 Å². The molecular formula is C12H18ClN5S. The van der Waals surface area contributed by atoms with Crippen LogP contribution in [0, 0.1) is 0 Å². The van der Waals surface area contributed by atoms with E-state index in [1.165, 1.54) is 0 Å². The van der Waals surface area contributed by atoms with E-state index in [9.17, 15) is 0 Å². The smallest absolute Gasteiger partial charge is 0.226 e. The number of halogens is 1. The minimum atomic E-state index is 0.216. The number of rotatable bonds is 6. The molecular weight excluding hydrogens is 282 g/mol. The monoisotopic (exact) mass is 299 g/mol. The maximum Gasteiger partial charge on any atom is 0.226 e. The van der Waals surface area contributed by atoms with Crippen molar-refractivity contribution in [1.82, 2.24) is 20.2 Å². The lowest BCUT2D eigenvalue weighted by atomic mass is 10.0. The van der Waals surface area contributed by atoms with Gasteiger partial charge in [-0.15, -0.1) is 0 Å². The summed E-state index contributed by atoms with van der Waals surface area (Å²) in [6.45, 7) is 5.26. The number of anilines is 1. The molecule has 0 bridgehead atoms. The lowest BCUT2D eigenvalue weighted by Crippen LogP contribution is -2.32. The first-order valence-electron chi connectivity index (χ1n) is 6.29. The fraction of sp³-hybridized carbons (Fsp3) is 0.583. The summed E-state index contributed by atoms with van der Waals surface area (Å²) in [5, 5.41) is 11.3. The van der Waals surface area contributed by atoms with Gasteiger partial charge in [-0.1, -0.05) is 13.8 Å². The molecule has 0 aliphatic heterocycles. The zero-order valence-electron chi connectivity index (χ0n) is 11.3. The van der Waals surface area contributed by atoms with Gasteiger partial charge in [0.05, 0.1) is 11.6 Å². The predicted octanol–water partition coefficient (Wildman–Crippen LogP) is 3.34. The van der Waals surface area contributed by atoms with Crippen molar-refractivity contribution in [3.05, 3.63) is 11.5 Å². The van der Waals surface area contributed by atoms with E-state index < -0.39 is 0 Å². The molecule has 2 rings (SSSR count). The molecule has 2 aromatic rings. The molecule has 0 amide bonds. The average molecular weight is 300 g/mol. The molecule has 0 saturated carbocycles. The van der Waals surface area contributed by atoms with Crippen molar-refractivity contribution in [2.45, 2.75) is 31.4 Å². The Bertz CT molecular complexity index is 544. The zero-order valence-corrected chi connectivity index (χ0v) is 12.9. The van der Waals surface area contributed by atoms with Gasteiger partial charge in [-0.3, -0.25) is 5.10 Å². The fourth-order valence-electron chi connectivity index (χ4n) is 2.05. The number of hydrogen-bond donors (Lipinski definition) is 2. The summed E-state index contributed by atoms with van der Waals surface area (Å²) in [5.41, 5.74) is 0.658. The third-order valence-corrected chi connectivity index (χ3v) is 5.34. The number of nitrogens with zero attached hydrogens (tertiary/aromatic N) is 3. The number of aromatic amines is 1. The second-order valence-electron chi connectivity index (χ2n) is 4.42. The number of thioether (sulfide) groups is 1. The topological polar surface area (TPSA) is 66.5 Å². The molecule has 7 heteroatoms. The lowest BCUT2D eigenvalue weighted by molar-refractivity contribution is 0.574. The Morgan fingerprint density at radius 1 is 1.37 bits per heavy atom. The molecule has 2 aromatic heterocycles. The molecule has 0 unspecified atom stereocenters. The van der Waals surface area contributed by atoms with Crippen LogP contribution in [0.15, 0.2) is 6.20 Å². The molecule has 5 nitrogen and oxygen atoms in total. The molecule has 0 aromatic carbocycles. The van der Waals surface area contributed by atoms with Crippen molar-refractivity contribution in [1.29, 1.82) is 0 Å². The summed E-state index contributed by atoms with van der Waals surface area (Å²) in [4.78, 5) is 8.35. The average Bonchev–Trinajstić information content (AvgIpc) is 2.88. The van der Waals surface area contributed by atoms with Crippen molar-refractivity contribution in [2.75, 3.05) is 18.1 Å². The standard InChI is InChI=1S/C12H18ClN5S/c1-4-12(5-2,19-3)7-14-9-8-6-15-18-10(8)17-11(13)16-9/h6H,4-5,7H2,1-3H3,(H2,14,15,16,17,18). The van der Waals surface area contributed by atoms with Crippen molar-refractivity contribution >= 4 is 40.2 Å². The van der Waals surface area contributed by atoms with Crippen LogP contribution in [0.3, 0.4) is 0 Å². The number of aromatic nitrogens is 4. The third-order valence-electron chi connectivity index (χ3n) is 3.58. The summed E-state index contributed by atoms with van der Waals surface area (Å²) in [6, 6.07) is 0. The highest BCUT2D eigenvalue weighted by Crippen LogP contribution is 2.31. The number of fused-ring (bicyclic) bond motifs is 1. The summed E-state index contributed by atoms with van der Waals surface area (Å²) < 4.78 is 0.216. The SMILES string of the molecule is CCC(CC)(CNc1nc(Cl)nc2[nH]ncc12)SC. The van der Waals surface area contributed by atoms with E-state index in [1.54, 1.807) is 6.20 Å². The van der Waals surface area contributed by atoms with Gasteiger partial charge in [-0.05, 0) is 30.7 Å². The largest absolute Gasteiger partial charge is 0.368 e. The van der Waals surface area contributed by atoms with E-state index in [0.29, 0.717) is 5.65 Å². The van der Waals surface area contributed by atoms with Crippen molar-refractivity contribution in [3.63, 3.8) is 0 Å². The van der Waals surface area contributed by atoms with Crippen molar-refractivity contribution in [3.8, 4) is 0 Å². The summed E-state index contributed by atoms with van der Waals surface area (Å²) >= 11 is 7.80. The molecule has 2 heterocycles. The van der Waals surface area contributed by atoms with Crippen LogP contribution in [0.1, 0.15) is 26.7 Å². The maximum absolute atomic E-state index is 5.92. The number of H-pyrrole nitrogens is 1. The van der Waals surface area contributed by atoms with Crippen molar-refractivity contribution < 1.29 is 0 Å². The second kappa shape index (κ2) is 5.96. The van der Waals surface area contributed by atoms with Gasteiger partial charge in [0.25, 0.3) is 0 Å². The first-order valence-corrected chi connectivity index (χ1v) is 7.90. The minimum Gasteiger partial charge on any atom is -0.368 e. The molecule has 104 valence electrons. The van der Waals surface area contributed by atoms with Crippen LogP contribution >= 0.6 is 23.4 Å². The highest BCUT2D eigenvalue weighted by atomic mass is 35.5. The van der Waals surface area contributed by atoms with Gasteiger partial charge in [0.15, 0.2) is 5.65 Å². The van der Waals surface area contributed by atoms with E-state index >= 15 is 0 Å². The van der Waals surface area contributed by atoms with E-state index in [-0.39, 0.29) is 10.0 Å². The molecule has 0 aliphatic rings. The van der Waals surface area contributed by atoms with E-state index in [2.05, 4.69) is 45.6 Å². The fourth-order valence-corrected chi connectivity index (χ4v) is 3.01. The van der Waals surface area contributed by atoms with Gasteiger partial charge >= 0.3 is 0 Å². The molecule has 0 radical (unpaired) electrons. The first kappa shape index (κ1) is 14.4. The van der Waals surface area contributed by atoms with Gasteiger partial charge in [0.1, 0.15) is 5.82 Å². The van der Waals surface area contributed by atoms with Gasteiger partial charge in [-0.25, -0.2) is 0 Å². The number of nitrogens with one attached hydrogen (secondary N) is 2. The Hall–Kier alpha value is -1.01. The Morgan fingerprint density at radius 2 is 2.11 bits per heavy atom. The molecule has 2 N–H and O–H groups in total. The van der Waals surface area contributed by atoms with Crippen LogP contribution < -0.4 is 5.32 Å². The van der Waals surface area contributed by atoms with Crippen LogP contribution in [-0.2, 0) is 0 Å². The van der Waals surface area contributed by atoms with Crippen LogP contribution in [0.5, 0.6) is 0 Å². The molecule has 0 saturated heterocycles. The Labute approximate surface area is 121 Å². The molecule has 0 fully saturated rings. The van der Waals surface area contributed by atoms with Crippen LogP contribution in [0.25, 0.3) is 11.0 Å². The van der Waals surface area contributed by atoms with Gasteiger partial charge in [0, 0.05) is 11.3 Å². The van der Waals surface area contributed by atoms with Gasteiger partial charge in [0.2, 0.25) is 5.28 Å². The lowest BCUT2D eigenvalue weighted by Gasteiger charge is -2.30. The highest BCUT2D eigenvalue weighted by Gasteiger charge is 2.25. The zero-order chi connectivity index (χ0) is 13.9. The first-order chi connectivity index (χ1) is 9.14. The second-order valence-corrected chi connectivity index (χ2v) is 6.03. The predicted molar refractivity (Wildman–Crippen MR) is 82.0 cm³/mol. The van der Waals surface area contributed by atoms with E-state index in [4.69, 9.17) is 11.6 Å². The van der Waals surface area contributed by atoms with Crippen molar-refractivity contribution in [2.24, 2.45) is 0 Å². The molecule has 0 atom stereocenters. The maximum atomic E-state index is 5.92. The number of hydrogen-bond acceptors (Lipinski definition) is 5. The molecule has 0 aliphatic carbocycles. The summed E-state index contributed by atoms with van der Waals surface area (Å²) in [5.74, 6) is 0.740. The summed E-state index contributed by atoms with van der Waals surface area (Å²) in [7, 11) is 0. The van der Waals surface area contributed by atoms with E-state index in [1.807, 2.05) is 11.8 Å². The third kappa shape index (κ3) is 2.95. The summed E-state index contributed by atoms with van der Waals surface area (Å²) in [6.07, 6.45) is 6.07. The van der Waals surface area contributed by atoms with Gasteiger partial charge < -0.3 is 5.32 Å². The normalized spacial score (nSPS) is 12.0. The Kier molecular flexibility index (Phi) is 4.52. The quantitative estimate of drug-likeness (QED) is 0.801. The van der Waals surface area contributed by atoms with Crippen LogP contribution in [0.2, 0.25) is 5.28 Å². The Morgan fingerprint density at radius 3 is 2.74 bits per heavy atom. The van der Waals surface area contributed by atoms with Gasteiger partial charge in [-0.2, -0.15) is 26.8 Å². The van der Waals surface area contributed by atoms with Crippen LogP contribution in [-0.4, -0.2) is 37.7 Å². The minimum absolute atomic E-state index is 0.216. The molecule has 0 spiro atoms. The molecule has 19 heavy (non-hydrogen) atoms. The van der Waals surface area contributed by atoms with Crippen LogP contribution in [0.4, 0.5) is 5.82 Å². The Balaban J connectivity index is 2.24. The highest BCUT2D eigenvalue weighted by molar-refractivity contribution is 8.00.